The van der Waals surface area contributed by atoms with Crippen LogP contribution in [-0.4, -0.2) is 20.2 Å². The highest BCUT2D eigenvalue weighted by Crippen LogP contribution is 2.37. The molecule has 0 atom stereocenters. The van der Waals surface area contributed by atoms with Gasteiger partial charge in [-0.05, 0) is 24.3 Å². The van der Waals surface area contributed by atoms with E-state index >= 15 is 0 Å². The molecule has 0 aliphatic heterocycles. The molecule has 116 valence electrons. The Balaban J connectivity index is 2.40. The monoisotopic (exact) mass is 328 g/mol. The van der Waals surface area contributed by atoms with Gasteiger partial charge in [-0.15, -0.1) is 0 Å². The Kier molecular flexibility index (Phi) is 4.82. The highest BCUT2D eigenvalue weighted by atomic mass is 35.5. The molecule has 0 saturated carbocycles. The van der Waals surface area contributed by atoms with E-state index in [0.717, 1.165) is 0 Å². The summed E-state index contributed by atoms with van der Waals surface area (Å²) in [6.07, 6.45) is 0. The fraction of sp³-hybridized carbons (Fsp3) is 0.133. The van der Waals surface area contributed by atoms with E-state index in [4.69, 9.17) is 25.8 Å². The van der Waals surface area contributed by atoms with Crippen molar-refractivity contribution in [1.82, 2.24) is 0 Å². The van der Waals surface area contributed by atoms with E-state index in [1.165, 1.54) is 14.2 Å². The lowest BCUT2D eigenvalue weighted by Crippen LogP contribution is -2.11. The van der Waals surface area contributed by atoms with Crippen molar-refractivity contribution < 1.29 is 27.8 Å². The Morgan fingerprint density at radius 3 is 2.14 bits per heavy atom. The lowest BCUT2D eigenvalue weighted by Gasteiger charge is -2.13. The summed E-state index contributed by atoms with van der Waals surface area (Å²) in [5.41, 5.74) is -0.312. The number of benzene rings is 2. The topological polar surface area (TPSA) is 44.8 Å². The second-order valence-electron chi connectivity index (χ2n) is 4.13. The molecule has 0 saturated heterocycles. The highest BCUT2D eigenvalue weighted by molar-refractivity contribution is 6.33. The summed E-state index contributed by atoms with van der Waals surface area (Å²) in [5.74, 6) is -2.83. The zero-order valence-corrected chi connectivity index (χ0v) is 12.4. The van der Waals surface area contributed by atoms with Gasteiger partial charge in [0.25, 0.3) is 0 Å². The number of rotatable bonds is 4. The first-order valence-corrected chi connectivity index (χ1v) is 6.43. The van der Waals surface area contributed by atoms with Crippen LogP contribution in [-0.2, 0) is 0 Å². The summed E-state index contributed by atoms with van der Waals surface area (Å²) in [4.78, 5) is 12.1. The molecule has 0 spiro atoms. The van der Waals surface area contributed by atoms with Crippen LogP contribution in [0.1, 0.15) is 10.4 Å². The quantitative estimate of drug-likeness (QED) is 0.486. The second-order valence-corrected chi connectivity index (χ2v) is 4.53. The van der Waals surface area contributed by atoms with Gasteiger partial charge in [0.15, 0.2) is 23.1 Å². The van der Waals surface area contributed by atoms with Crippen molar-refractivity contribution in [2.75, 3.05) is 14.2 Å². The molecule has 2 aromatic rings. The van der Waals surface area contributed by atoms with Gasteiger partial charge in [-0.2, -0.15) is 0 Å². The lowest BCUT2D eigenvalue weighted by molar-refractivity contribution is 0.0724. The third-order valence-electron chi connectivity index (χ3n) is 2.81. The fourth-order valence-electron chi connectivity index (χ4n) is 1.74. The van der Waals surface area contributed by atoms with Crippen LogP contribution >= 0.6 is 11.6 Å². The maximum Gasteiger partial charge on any atom is 0.345 e. The molecule has 2 rings (SSSR count). The Morgan fingerprint density at radius 1 is 1.05 bits per heavy atom. The van der Waals surface area contributed by atoms with E-state index in [0.29, 0.717) is 12.1 Å². The van der Waals surface area contributed by atoms with Gasteiger partial charge in [0.1, 0.15) is 0 Å². The van der Waals surface area contributed by atoms with Gasteiger partial charge in [-0.25, -0.2) is 13.6 Å². The lowest BCUT2D eigenvalue weighted by atomic mass is 10.2. The van der Waals surface area contributed by atoms with Crippen LogP contribution in [0.25, 0.3) is 0 Å². The number of hydrogen-bond acceptors (Lipinski definition) is 4. The Hall–Kier alpha value is -2.34. The van der Waals surface area contributed by atoms with Crippen molar-refractivity contribution >= 4 is 17.6 Å². The zero-order valence-electron chi connectivity index (χ0n) is 11.7. The SMILES string of the molecule is COc1cccc(OC)c1OC(=O)c1cc(F)c(F)cc1Cl. The summed E-state index contributed by atoms with van der Waals surface area (Å²) < 4.78 is 41.6. The number of carbonyl (C=O) groups is 1. The maximum atomic E-state index is 13.3. The highest BCUT2D eigenvalue weighted by Gasteiger charge is 2.21. The largest absolute Gasteiger partial charge is 0.493 e. The number of para-hydroxylation sites is 1. The van der Waals surface area contributed by atoms with Crippen LogP contribution < -0.4 is 14.2 Å². The minimum atomic E-state index is -1.21. The molecule has 4 nitrogen and oxygen atoms in total. The van der Waals surface area contributed by atoms with Crippen molar-refractivity contribution in [3.63, 3.8) is 0 Å². The van der Waals surface area contributed by atoms with Gasteiger partial charge in [-0.1, -0.05) is 17.7 Å². The third kappa shape index (κ3) is 3.12. The van der Waals surface area contributed by atoms with Gasteiger partial charge in [0.2, 0.25) is 5.75 Å². The summed E-state index contributed by atoms with van der Waals surface area (Å²) in [6, 6.07) is 6.12. The van der Waals surface area contributed by atoms with Crippen molar-refractivity contribution in [3.05, 3.63) is 52.6 Å². The minimum absolute atomic E-state index is 0.0123. The summed E-state index contributed by atoms with van der Waals surface area (Å²) in [5, 5.41) is -0.266. The molecule has 7 heteroatoms. The molecule has 0 unspecified atom stereocenters. The number of carbonyl (C=O) groups excluding carboxylic acids is 1. The smallest absolute Gasteiger partial charge is 0.345 e. The van der Waals surface area contributed by atoms with E-state index in [2.05, 4.69) is 0 Å². The number of halogens is 3. The van der Waals surface area contributed by atoms with Crippen LogP contribution in [0.2, 0.25) is 5.02 Å². The van der Waals surface area contributed by atoms with Crippen LogP contribution in [0.3, 0.4) is 0 Å². The first-order valence-electron chi connectivity index (χ1n) is 6.05. The van der Waals surface area contributed by atoms with Crippen LogP contribution in [0, 0.1) is 11.6 Å². The normalized spacial score (nSPS) is 10.2. The van der Waals surface area contributed by atoms with Crippen molar-refractivity contribution in [2.24, 2.45) is 0 Å². The van der Waals surface area contributed by atoms with E-state index in [1.807, 2.05) is 0 Å². The fourth-order valence-corrected chi connectivity index (χ4v) is 1.97. The first kappa shape index (κ1) is 16.0. The van der Waals surface area contributed by atoms with Crippen molar-refractivity contribution in [3.8, 4) is 17.2 Å². The molecular weight excluding hydrogens is 318 g/mol. The molecule has 0 aliphatic carbocycles. The zero-order chi connectivity index (χ0) is 16.3. The van der Waals surface area contributed by atoms with Gasteiger partial charge in [0, 0.05) is 0 Å². The maximum absolute atomic E-state index is 13.3. The average molecular weight is 329 g/mol. The van der Waals surface area contributed by atoms with Crippen LogP contribution in [0.4, 0.5) is 8.78 Å². The summed E-state index contributed by atoms with van der Waals surface area (Å²) in [7, 11) is 2.77. The first-order chi connectivity index (χ1) is 10.5. The summed E-state index contributed by atoms with van der Waals surface area (Å²) in [6.45, 7) is 0. The molecule has 0 aliphatic rings. The van der Waals surface area contributed by atoms with Gasteiger partial charge >= 0.3 is 5.97 Å². The molecule has 0 radical (unpaired) electrons. The van der Waals surface area contributed by atoms with Gasteiger partial charge in [-0.3, -0.25) is 0 Å². The average Bonchev–Trinajstić information content (AvgIpc) is 2.50. The van der Waals surface area contributed by atoms with Gasteiger partial charge in [0.05, 0.1) is 24.8 Å². The number of methoxy groups -OCH3 is 2. The van der Waals surface area contributed by atoms with Crippen LogP contribution in [0.5, 0.6) is 17.2 Å². The predicted octanol–water partition coefficient (Wildman–Crippen LogP) is 3.85. The van der Waals surface area contributed by atoms with Crippen LogP contribution in [0.15, 0.2) is 30.3 Å². The van der Waals surface area contributed by atoms with E-state index in [9.17, 15) is 13.6 Å². The van der Waals surface area contributed by atoms with Crippen molar-refractivity contribution in [1.29, 1.82) is 0 Å². The molecule has 0 bridgehead atoms. The molecule has 0 N–H and O–H groups in total. The van der Waals surface area contributed by atoms with Gasteiger partial charge < -0.3 is 14.2 Å². The second kappa shape index (κ2) is 6.62. The number of ether oxygens (including phenoxy) is 3. The minimum Gasteiger partial charge on any atom is -0.493 e. The molecule has 0 heterocycles. The Labute approximate surface area is 130 Å². The Morgan fingerprint density at radius 2 is 1.59 bits per heavy atom. The molecule has 22 heavy (non-hydrogen) atoms. The number of esters is 1. The summed E-state index contributed by atoms with van der Waals surface area (Å²) >= 11 is 5.74. The Bertz CT molecular complexity index is 697. The molecular formula is C15H11ClF2O4. The third-order valence-corrected chi connectivity index (χ3v) is 3.12. The predicted molar refractivity (Wildman–Crippen MR) is 75.9 cm³/mol. The van der Waals surface area contributed by atoms with E-state index < -0.39 is 17.6 Å². The standard InChI is InChI=1S/C15H11ClF2O4/c1-20-12-4-3-5-13(21-2)14(12)22-15(19)8-6-10(17)11(18)7-9(8)16/h3-7H,1-2H3. The molecule has 2 aromatic carbocycles. The number of hydrogen-bond donors (Lipinski definition) is 0. The van der Waals surface area contributed by atoms with E-state index in [-0.39, 0.29) is 27.8 Å². The molecule has 0 fully saturated rings. The molecule has 0 amide bonds. The molecule has 0 aromatic heterocycles. The van der Waals surface area contributed by atoms with Crippen molar-refractivity contribution in [2.45, 2.75) is 0 Å². The van der Waals surface area contributed by atoms with E-state index in [1.54, 1.807) is 18.2 Å².